The number of hydrogen-bond acceptors (Lipinski definition) is 5. The molecule has 0 aliphatic heterocycles. The van der Waals surface area contributed by atoms with Crippen LogP contribution >= 0.6 is 23.1 Å². The fourth-order valence-electron chi connectivity index (χ4n) is 3.54. The van der Waals surface area contributed by atoms with Crippen LogP contribution in [0.5, 0.6) is 5.75 Å². The standard InChI is InChI=1S/C23H22N2O2S2/c1-14-10-15(2)19(16(3)11-14)13-29-23-24-20-8-9-28-21(20)22(26)25(23)17-6-5-7-18(12-17)27-4/h5-12H,13H2,1-4H3. The highest BCUT2D eigenvalue weighted by atomic mass is 32.2. The summed E-state index contributed by atoms with van der Waals surface area (Å²) in [6.07, 6.45) is 0. The van der Waals surface area contributed by atoms with Crippen LogP contribution in [0.3, 0.4) is 0 Å². The molecule has 4 rings (SSSR count). The van der Waals surface area contributed by atoms with Crippen molar-refractivity contribution in [3.05, 3.63) is 80.5 Å². The Hall–Kier alpha value is -2.57. The van der Waals surface area contributed by atoms with E-state index < -0.39 is 0 Å². The minimum atomic E-state index is -0.0434. The van der Waals surface area contributed by atoms with Gasteiger partial charge < -0.3 is 4.74 Å². The van der Waals surface area contributed by atoms with Gasteiger partial charge in [-0.3, -0.25) is 9.36 Å². The van der Waals surface area contributed by atoms with Crippen molar-refractivity contribution in [2.45, 2.75) is 31.7 Å². The second-order valence-corrected chi connectivity index (χ2v) is 8.90. The van der Waals surface area contributed by atoms with E-state index in [1.165, 1.54) is 33.6 Å². The van der Waals surface area contributed by atoms with Crippen LogP contribution in [0.25, 0.3) is 15.9 Å². The summed E-state index contributed by atoms with van der Waals surface area (Å²) in [5.41, 5.74) is 6.55. The van der Waals surface area contributed by atoms with E-state index in [1.807, 2.05) is 35.7 Å². The molecule has 0 radical (unpaired) electrons. The molecule has 0 aliphatic rings. The number of nitrogens with zero attached hydrogens (tertiary/aromatic N) is 2. The van der Waals surface area contributed by atoms with Crippen molar-refractivity contribution in [2.75, 3.05) is 7.11 Å². The van der Waals surface area contributed by atoms with Gasteiger partial charge in [-0.05, 0) is 61.0 Å². The Morgan fingerprint density at radius 2 is 1.86 bits per heavy atom. The Morgan fingerprint density at radius 1 is 1.10 bits per heavy atom. The number of ether oxygens (including phenoxy) is 1. The summed E-state index contributed by atoms with van der Waals surface area (Å²) in [5.74, 6) is 1.46. The predicted molar refractivity (Wildman–Crippen MR) is 122 cm³/mol. The van der Waals surface area contributed by atoms with Gasteiger partial charge in [0.1, 0.15) is 10.4 Å². The molecule has 2 aromatic heterocycles. The number of benzene rings is 2. The van der Waals surface area contributed by atoms with Gasteiger partial charge in [0.2, 0.25) is 0 Å². The number of methoxy groups -OCH3 is 1. The Morgan fingerprint density at radius 3 is 2.59 bits per heavy atom. The number of thioether (sulfide) groups is 1. The molecule has 2 aromatic carbocycles. The third-order valence-corrected chi connectivity index (χ3v) is 6.80. The second-order valence-electron chi connectivity index (χ2n) is 7.04. The monoisotopic (exact) mass is 422 g/mol. The van der Waals surface area contributed by atoms with Crippen LogP contribution < -0.4 is 10.3 Å². The lowest BCUT2D eigenvalue weighted by molar-refractivity contribution is 0.414. The smallest absolute Gasteiger partial charge is 0.276 e. The van der Waals surface area contributed by atoms with Crippen molar-refractivity contribution in [1.82, 2.24) is 9.55 Å². The van der Waals surface area contributed by atoms with Gasteiger partial charge in [-0.25, -0.2) is 4.98 Å². The van der Waals surface area contributed by atoms with E-state index >= 15 is 0 Å². The Bertz CT molecular complexity index is 1230. The summed E-state index contributed by atoms with van der Waals surface area (Å²) >= 11 is 3.02. The van der Waals surface area contributed by atoms with Crippen LogP contribution in [0.15, 0.2) is 57.8 Å². The van der Waals surface area contributed by atoms with Gasteiger partial charge >= 0.3 is 0 Å². The van der Waals surface area contributed by atoms with E-state index in [9.17, 15) is 4.79 Å². The molecule has 4 aromatic rings. The summed E-state index contributed by atoms with van der Waals surface area (Å²) in [5, 5.41) is 2.60. The molecule has 29 heavy (non-hydrogen) atoms. The van der Waals surface area contributed by atoms with Crippen molar-refractivity contribution in [1.29, 1.82) is 0 Å². The van der Waals surface area contributed by atoms with Gasteiger partial charge in [0.05, 0.1) is 18.3 Å². The molecule has 0 bridgehead atoms. The Balaban J connectivity index is 1.82. The summed E-state index contributed by atoms with van der Waals surface area (Å²) < 4.78 is 7.73. The van der Waals surface area contributed by atoms with Gasteiger partial charge in [-0.1, -0.05) is 35.5 Å². The molecule has 0 saturated carbocycles. The summed E-state index contributed by atoms with van der Waals surface area (Å²) in [7, 11) is 1.63. The van der Waals surface area contributed by atoms with Crippen molar-refractivity contribution < 1.29 is 4.74 Å². The molecule has 0 atom stereocenters. The topological polar surface area (TPSA) is 44.1 Å². The quantitative estimate of drug-likeness (QED) is 0.307. The highest BCUT2D eigenvalue weighted by Gasteiger charge is 2.16. The van der Waals surface area contributed by atoms with Crippen LogP contribution in [0, 0.1) is 20.8 Å². The van der Waals surface area contributed by atoms with Crippen LogP contribution in [0.1, 0.15) is 22.3 Å². The minimum Gasteiger partial charge on any atom is -0.497 e. The first kappa shape index (κ1) is 19.7. The molecular weight excluding hydrogens is 400 g/mol. The zero-order valence-electron chi connectivity index (χ0n) is 16.9. The van der Waals surface area contributed by atoms with Crippen molar-refractivity contribution in [3.63, 3.8) is 0 Å². The fraction of sp³-hybridized carbons (Fsp3) is 0.217. The second kappa shape index (κ2) is 8.05. The van der Waals surface area contributed by atoms with E-state index in [1.54, 1.807) is 23.4 Å². The van der Waals surface area contributed by atoms with Gasteiger partial charge in [-0.15, -0.1) is 11.3 Å². The zero-order valence-corrected chi connectivity index (χ0v) is 18.5. The molecule has 4 nitrogen and oxygen atoms in total. The maximum absolute atomic E-state index is 13.3. The summed E-state index contributed by atoms with van der Waals surface area (Å²) in [6.45, 7) is 6.39. The van der Waals surface area contributed by atoms with Crippen LogP contribution in [0.2, 0.25) is 0 Å². The fourth-order valence-corrected chi connectivity index (χ4v) is 5.51. The van der Waals surface area contributed by atoms with Crippen molar-refractivity contribution in [2.24, 2.45) is 0 Å². The maximum atomic E-state index is 13.3. The van der Waals surface area contributed by atoms with Crippen LogP contribution in [-0.4, -0.2) is 16.7 Å². The highest BCUT2D eigenvalue weighted by Crippen LogP contribution is 2.29. The first-order valence-electron chi connectivity index (χ1n) is 9.32. The minimum absolute atomic E-state index is 0.0434. The maximum Gasteiger partial charge on any atom is 0.276 e. The number of rotatable bonds is 5. The van der Waals surface area contributed by atoms with Gasteiger partial charge in [0.25, 0.3) is 5.56 Å². The third-order valence-electron chi connectivity index (χ3n) is 4.95. The molecule has 0 amide bonds. The third kappa shape index (κ3) is 3.82. The molecule has 0 N–H and O–H groups in total. The summed E-state index contributed by atoms with van der Waals surface area (Å²) in [4.78, 5) is 18.1. The number of aromatic nitrogens is 2. The van der Waals surface area contributed by atoms with Crippen LogP contribution in [-0.2, 0) is 5.75 Å². The van der Waals surface area contributed by atoms with Crippen LogP contribution in [0.4, 0.5) is 0 Å². The average molecular weight is 423 g/mol. The van der Waals surface area contributed by atoms with E-state index in [2.05, 4.69) is 32.9 Å². The molecule has 0 spiro atoms. The Labute approximate surface area is 178 Å². The molecule has 0 aliphatic carbocycles. The number of thiophene rings is 1. The highest BCUT2D eigenvalue weighted by molar-refractivity contribution is 7.98. The SMILES string of the molecule is COc1cccc(-n2c(SCc3c(C)cc(C)cc3C)nc3ccsc3c2=O)c1. The molecular formula is C23H22N2O2S2. The lowest BCUT2D eigenvalue weighted by atomic mass is 10.0. The zero-order chi connectivity index (χ0) is 20.5. The first-order chi connectivity index (χ1) is 14.0. The van der Waals surface area contributed by atoms with Crippen molar-refractivity contribution >= 4 is 33.3 Å². The molecule has 0 saturated heterocycles. The van der Waals surface area contributed by atoms with Gasteiger partial charge in [0, 0.05) is 11.8 Å². The van der Waals surface area contributed by atoms with E-state index in [4.69, 9.17) is 9.72 Å². The van der Waals surface area contributed by atoms with E-state index in [0.717, 1.165) is 17.0 Å². The first-order valence-corrected chi connectivity index (χ1v) is 11.2. The average Bonchev–Trinajstić information content (AvgIpc) is 3.16. The number of aryl methyl sites for hydroxylation is 3. The van der Waals surface area contributed by atoms with E-state index in [-0.39, 0.29) is 5.56 Å². The normalized spacial score (nSPS) is 11.2. The number of fused-ring (bicyclic) bond motifs is 1. The molecule has 0 fully saturated rings. The molecule has 148 valence electrons. The lowest BCUT2D eigenvalue weighted by Crippen LogP contribution is -2.20. The molecule has 6 heteroatoms. The van der Waals surface area contributed by atoms with E-state index in [0.29, 0.717) is 15.6 Å². The predicted octanol–water partition coefficient (Wildman–Crippen LogP) is 5.67. The Kier molecular flexibility index (Phi) is 5.48. The largest absolute Gasteiger partial charge is 0.497 e. The number of hydrogen-bond donors (Lipinski definition) is 0. The van der Waals surface area contributed by atoms with Crippen molar-refractivity contribution in [3.8, 4) is 11.4 Å². The lowest BCUT2D eigenvalue weighted by Gasteiger charge is -2.15. The summed E-state index contributed by atoms with van der Waals surface area (Å²) in [6, 6.07) is 13.9. The molecule has 0 unspecified atom stereocenters. The van der Waals surface area contributed by atoms with Gasteiger partial charge in [-0.2, -0.15) is 0 Å². The van der Waals surface area contributed by atoms with Gasteiger partial charge in [0.15, 0.2) is 5.16 Å². The molecule has 2 heterocycles.